The Hall–Kier alpha value is -3.02. The average Bonchev–Trinajstić information content (AvgIpc) is 3.62. The van der Waals surface area contributed by atoms with Gasteiger partial charge in [0.05, 0.1) is 42.7 Å². The van der Waals surface area contributed by atoms with Crippen molar-refractivity contribution >= 4 is 23.6 Å². The third-order valence-electron chi connectivity index (χ3n) is 12.1. The van der Waals surface area contributed by atoms with Crippen LogP contribution in [-0.2, 0) is 28.7 Å². The van der Waals surface area contributed by atoms with Crippen molar-refractivity contribution in [1.82, 2.24) is 25.3 Å². The molecule has 1 aromatic carbocycles. The number of likely N-dealkylation sites (N-methyl/N-ethyl adjacent to an activating group) is 2. The zero-order valence-electron chi connectivity index (χ0n) is 36.2. The summed E-state index contributed by atoms with van der Waals surface area (Å²) in [6, 6.07) is 8.35. The number of methoxy groups -OCH3 is 2. The lowest BCUT2D eigenvalue weighted by molar-refractivity contribution is -0.148. The van der Waals surface area contributed by atoms with Crippen LogP contribution in [0, 0.1) is 23.7 Å². The number of rotatable bonds is 21. The van der Waals surface area contributed by atoms with Gasteiger partial charge in [0.25, 0.3) is 0 Å². The molecule has 2 N–H and O–H groups in total. The lowest BCUT2D eigenvalue weighted by Crippen LogP contribution is -2.60. The minimum absolute atomic E-state index is 0.000726. The van der Waals surface area contributed by atoms with Crippen LogP contribution >= 0.6 is 0 Å². The van der Waals surface area contributed by atoms with E-state index in [1.807, 2.05) is 76.6 Å². The van der Waals surface area contributed by atoms with Gasteiger partial charge in [-0.25, -0.2) is 0 Å². The first-order valence-electron chi connectivity index (χ1n) is 20.3. The highest BCUT2D eigenvalue weighted by atomic mass is 16.5. The number of likely N-dealkylation sites (tertiary alicyclic amines) is 1. The summed E-state index contributed by atoms with van der Waals surface area (Å²) in [7, 11) is 6.90. The van der Waals surface area contributed by atoms with Gasteiger partial charge in [-0.15, -0.1) is 0 Å². The summed E-state index contributed by atoms with van der Waals surface area (Å²) in [5, 5.41) is 6.31. The number of ether oxygens (including phenoxy) is 2. The van der Waals surface area contributed by atoms with E-state index in [0.717, 1.165) is 24.8 Å². The topological polar surface area (TPSA) is 121 Å². The summed E-state index contributed by atoms with van der Waals surface area (Å²) in [5.41, 5.74) is 1.16. The highest BCUT2D eigenvalue weighted by Gasteiger charge is 2.43. The number of carbonyl (C=O) groups excluding carboxylic acids is 4. The van der Waals surface area contributed by atoms with Gasteiger partial charge in [-0.2, -0.15) is 0 Å². The molecule has 0 spiro atoms. The van der Waals surface area contributed by atoms with E-state index in [2.05, 4.69) is 57.4 Å². The van der Waals surface area contributed by atoms with Crippen LogP contribution in [0.15, 0.2) is 30.3 Å². The van der Waals surface area contributed by atoms with Crippen LogP contribution < -0.4 is 10.6 Å². The minimum atomic E-state index is -0.750. The first-order valence-corrected chi connectivity index (χ1v) is 20.3. The first kappa shape index (κ1) is 47.1. The van der Waals surface area contributed by atoms with Gasteiger partial charge in [-0.05, 0) is 64.0 Å². The van der Waals surface area contributed by atoms with E-state index in [-0.39, 0.29) is 71.8 Å². The summed E-state index contributed by atoms with van der Waals surface area (Å²) in [4.78, 5) is 61.5. The summed E-state index contributed by atoms with van der Waals surface area (Å²) >= 11 is 0. The Morgan fingerprint density at radius 3 is 1.96 bits per heavy atom. The zero-order valence-corrected chi connectivity index (χ0v) is 36.2. The molecule has 2 rings (SSSR count). The van der Waals surface area contributed by atoms with Crippen molar-refractivity contribution in [1.29, 1.82) is 0 Å². The van der Waals surface area contributed by atoms with Crippen LogP contribution in [0.5, 0.6) is 0 Å². The van der Waals surface area contributed by atoms with Gasteiger partial charge in [0, 0.05) is 45.8 Å². The Balaban J connectivity index is 2.27. The number of benzene rings is 1. The van der Waals surface area contributed by atoms with Gasteiger partial charge in [0.2, 0.25) is 23.6 Å². The van der Waals surface area contributed by atoms with Crippen molar-refractivity contribution in [3.05, 3.63) is 35.9 Å². The Labute approximate surface area is 327 Å². The van der Waals surface area contributed by atoms with E-state index < -0.39 is 36.3 Å². The highest BCUT2D eigenvalue weighted by molar-refractivity contribution is 5.90. The molecule has 0 aromatic heterocycles. The van der Waals surface area contributed by atoms with Crippen LogP contribution in [-0.4, -0.2) is 122 Å². The molecule has 0 aliphatic carbocycles. The predicted molar refractivity (Wildman–Crippen MR) is 217 cm³/mol. The first-order chi connectivity index (χ1) is 25.3. The molecule has 1 aliphatic rings. The summed E-state index contributed by atoms with van der Waals surface area (Å²) in [5.74, 6) is -1.06. The van der Waals surface area contributed by atoms with Gasteiger partial charge in [-0.3, -0.25) is 24.1 Å². The molecule has 10 atom stereocenters. The predicted octanol–water partition coefficient (Wildman–Crippen LogP) is 5.72. The van der Waals surface area contributed by atoms with Crippen LogP contribution in [0.4, 0.5) is 0 Å². The Morgan fingerprint density at radius 1 is 0.852 bits per heavy atom. The molecule has 4 amide bonds. The molecule has 0 radical (unpaired) electrons. The lowest BCUT2D eigenvalue weighted by Gasteiger charge is -2.41. The molecule has 11 nitrogen and oxygen atoms in total. The van der Waals surface area contributed by atoms with Gasteiger partial charge >= 0.3 is 0 Å². The van der Waals surface area contributed by atoms with Crippen LogP contribution in [0.1, 0.15) is 113 Å². The Kier molecular flexibility index (Phi) is 19.1. The van der Waals surface area contributed by atoms with E-state index in [0.29, 0.717) is 6.54 Å². The molecule has 1 aliphatic heterocycles. The van der Waals surface area contributed by atoms with Crippen molar-refractivity contribution in [3.8, 4) is 0 Å². The fourth-order valence-corrected chi connectivity index (χ4v) is 8.08. The smallest absolute Gasteiger partial charge is 0.245 e. The van der Waals surface area contributed by atoms with E-state index in [4.69, 9.17) is 9.47 Å². The second-order valence-corrected chi connectivity index (χ2v) is 16.8. The number of carbonyl (C=O) groups is 4. The summed E-state index contributed by atoms with van der Waals surface area (Å²) in [6.07, 6.45) is 1.26. The second kappa shape index (κ2) is 21.9. The number of nitrogens with one attached hydrogen (secondary N) is 2. The van der Waals surface area contributed by atoms with Crippen molar-refractivity contribution < 1.29 is 28.7 Å². The van der Waals surface area contributed by atoms with Crippen molar-refractivity contribution in [2.45, 2.75) is 156 Å². The zero-order chi connectivity index (χ0) is 41.0. The third kappa shape index (κ3) is 12.0. The standard InChI is InChI=1S/C43H75N5O6/c1-16-29(8)39(47(13)43(52)37(26(2)3)45-42(51)38(27(4)5)46(12)28(6)7)35(53-14)25-36(49)48-24-20-23-34(48)40(54-15)31(10)41(50)44-32(11)30(9)33-21-18-17-19-22-33/h17-19,21-22,26-32,34-35,37-40H,16,20,23-25H2,1-15H3,(H,44,50)(H,45,51)/t29-,30+,31+,32+,34-,35+,37-,38-,39-,40+/m0/s1. The molecule has 0 bridgehead atoms. The molecule has 1 fully saturated rings. The number of nitrogens with zero attached hydrogens (tertiary/aromatic N) is 3. The lowest BCUT2D eigenvalue weighted by atomic mass is 9.89. The molecule has 1 saturated heterocycles. The molecular formula is C43H75N5O6. The van der Waals surface area contributed by atoms with Gasteiger partial charge in [0.15, 0.2) is 0 Å². The molecular weight excluding hydrogens is 683 g/mol. The van der Waals surface area contributed by atoms with E-state index in [1.54, 1.807) is 26.2 Å². The molecule has 1 aromatic rings. The maximum absolute atomic E-state index is 14.4. The molecule has 0 saturated carbocycles. The fourth-order valence-electron chi connectivity index (χ4n) is 8.08. The summed E-state index contributed by atoms with van der Waals surface area (Å²) in [6.45, 7) is 22.7. The van der Waals surface area contributed by atoms with Crippen molar-refractivity contribution in [2.75, 3.05) is 34.9 Å². The minimum Gasteiger partial charge on any atom is -0.379 e. The highest BCUT2D eigenvalue weighted by Crippen LogP contribution is 2.30. The largest absolute Gasteiger partial charge is 0.379 e. The average molecular weight is 758 g/mol. The molecule has 54 heavy (non-hydrogen) atoms. The van der Waals surface area contributed by atoms with Crippen molar-refractivity contribution in [3.63, 3.8) is 0 Å². The quantitative estimate of drug-likeness (QED) is 0.165. The van der Waals surface area contributed by atoms with Crippen LogP contribution in [0.25, 0.3) is 0 Å². The SMILES string of the molecule is CC[C@H](C)[C@@H]([C@@H](CC(=O)N1CCC[C@H]1[C@H](OC)[C@@H](C)C(=O)N[C@H](C)[C@@H](C)c1ccccc1)OC)N(C)C(=O)[C@@H](NC(=O)[C@H](C(C)C)N(C)C(C)C)C(C)C. The molecule has 11 heteroatoms. The van der Waals surface area contributed by atoms with Gasteiger partial charge < -0.3 is 29.9 Å². The third-order valence-corrected chi connectivity index (χ3v) is 12.1. The molecule has 1 heterocycles. The molecule has 308 valence electrons. The summed E-state index contributed by atoms with van der Waals surface area (Å²) < 4.78 is 12.1. The number of amides is 4. The maximum atomic E-state index is 14.4. The van der Waals surface area contributed by atoms with Gasteiger partial charge in [-0.1, -0.05) is 92.1 Å². The van der Waals surface area contributed by atoms with Crippen LogP contribution in [0.3, 0.4) is 0 Å². The Bertz CT molecular complexity index is 1320. The van der Waals surface area contributed by atoms with Crippen molar-refractivity contribution in [2.24, 2.45) is 23.7 Å². The monoisotopic (exact) mass is 758 g/mol. The maximum Gasteiger partial charge on any atom is 0.245 e. The van der Waals surface area contributed by atoms with E-state index in [1.165, 1.54) is 0 Å². The Morgan fingerprint density at radius 2 is 1.46 bits per heavy atom. The number of hydrogen-bond donors (Lipinski definition) is 2. The number of hydrogen-bond acceptors (Lipinski definition) is 7. The molecule has 0 unspecified atom stereocenters. The normalized spacial score (nSPS) is 19.9. The van der Waals surface area contributed by atoms with Crippen LogP contribution in [0.2, 0.25) is 0 Å². The fraction of sp³-hybridized carbons (Fsp3) is 0.767. The second-order valence-electron chi connectivity index (χ2n) is 16.8. The van der Waals surface area contributed by atoms with Gasteiger partial charge in [0.1, 0.15) is 6.04 Å². The van der Waals surface area contributed by atoms with E-state index >= 15 is 0 Å². The van der Waals surface area contributed by atoms with E-state index in [9.17, 15) is 19.2 Å².